The van der Waals surface area contributed by atoms with E-state index in [1.54, 1.807) is 0 Å². The lowest BCUT2D eigenvalue weighted by molar-refractivity contribution is 0.539. The summed E-state index contributed by atoms with van der Waals surface area (Å²) in [5.41, 5.74) is 0. The zero-order valence-electron chi connectivity index (χ0n) is 5.56. The lowest BCUT2D eigenvalue weighted by Gasteiger charge is -2.05. The second-order valence-electron chi connectivity index (χ2n) is 1.72. The van der Waals surface area contributed by atoms with Crippen molar-refractivity contribution in [2.24, 2.45) is 0 Å². The Bertz CT molecular complexity index is 241. The maximum atomic E-state index is 10.1. The van der Waals surface area contributed by atoms with E-state index in [1.807, 2.05) is 0 Å². The van der Waals surface area contributed by atoms with Crippen LogP contribution in [0.15, 0.2) is 18.6 Å². The molecule has 1 aromatic rings. The second-order valence-corrected chi connectivity index (χ2v) is 2.61. The van der Waals surface area contributed by atoms with Crippen molar-refractivity contribution in [2.45, 2.75) is 0 Å². The topological polar surface area (TPSA) is 77.9 Å². The summed E-state index contributed by atoms with van der Waals surface area (Å²) in [6, 6.07) is 0. The van der Waals surface area contributed by atoms with Crippen LogP contribution in [-0.4, -0.2) is 24.6 Å². The van der Waals surface area contributed by atoms with E-state index in [-0.39, 0.29) is 5.88 Å². The van der Waals surface area contributed by atoms with E-state index in [0.29, 0.717) is 5.82 Å². The first-order valence-corrected chi connectivity index (χ1v) is 4.09. The molecule has 0 fully saturated rings. The van der Waals surface area contributed by atoms with Gasteiger partial charge in [0.1, 0.15) is 5.82 Å². The van der Waals surface area contributed by atoms with Crippen LogP contribution in [0.4, 0.5) is 5.82 Å². The Morgan fingerprint density at radius 2 is 2.45 bits per heavy atom. The minimum atomic E-state index is -2.09. The standard InChI is InChI=1S/C5H7N3O2S/c9-11(10)4-8-5-3-6-1-2-7-5/h1-3H,4H2,(H,7,8)(H,9,10)/p-1. The van der Waals surface area contributed by atoms with Gasteiger partial charge in [0.05, 0.1) is 12.1 Å². The van der Waals surface area contributed by atoms with Gasteiger partial charge in [-0.2, -0.15) is 0 Å². The van der Waals surface area contributed by atoms with Crippen LogP contribution in [0.1, 0.15) is 0 Å². The molecule has 1 aromatic heterocycles. The largest absolute Gasteiger partial charge is 0.771 e. The third-order valence-corrected chi connectivity index (χ3v) is 1.31. The fraction of sp³-hybridized carbons (Fsp3) is 0.200. The van der Waals surface area contributed by atoms with Crippen molar-refractivity contribution in [3.63, 3.8) is 0 Å². The SMILES string of the molecule is O=S([O-])CNc1cnccn1. The molecule has 0 aliphatic heterocycles. The molecular weight excluding hydrogens is 166 g/mol. The summed E-state index contributed by atoms with van der Waals surface area (Å²) in [5, 5.41) is 2.56. The molecule has 0 aliphatic carbocycles. The summed E-state index contributed by atoms with van der Waals surface area (Å²) in [5.74, 6) is 0.315. The van der Waals surface area contributed by atoms with E-state index < -0.39 is 11.1 Å². The van der Waals surface area contributed by atoms with Gasteiger partial charge < -0.3 is 9.87 Å². The average molecular weight is 172 g/mol. The maximum Gasteiger partial charge on any atom is 0.145 e. The van der Waals surface area contributed by atoms with E-state index in [9.17, 15) is 8.76 Å². The molecule has 0 aromatic carbocycles. The Hall–Kier alpha value is -1.01. The molecule has 1 heterocycles. The van der Waals surface area contributed by atoms with Crippen LogP contribution >= 0.6 is 0 Å². The second kappa shape index (κ2) is 3.99. The highest BCUT2D eigenvalue weighted by Crippen LogP contribution is 1.95. The molecule has 1 atom stereocenters. The van der Waals surface area contributed by atoms with Crippen molar-refractivity contribution >= 4 is 16.9 Å². The molecule has 1 unspecified atom stereocenters. The van der Waals surface area contributed by atoms with Gasteiger partial charge in [-0.15, -0.1) is 0 Å². The Morgan fingerprint density at radius 1 is 1.64 bits per heavy atom. The molecule has 6 heteroatoms. The lowest BCUT2D eigenvalue weighted by atomic mass is 10.7. The highest BCUT2D eigenvalue weighted by molar-refractivity contribution is 7.79. The predicted molar refractivity (Wildman–Crippen MR) is 39.4 cm³/mol. The highest BCUT2D eigenvalue weighted by atomic mass is 32.2. The molecule has 5 nitrogen and oxygen atoms in total. The van der Waals surface area contributed by atoms with Crippen molar-refractivity contribution in [1.82, 2.24) is 9.97 Å². The molecule has 0 saturated heterocycles. The molecule has 0 radical (unpaired) electrons. The molecular formula is C5H6N3O2S-. The quantitative estimate of drug-likeness (QED) is 0.635. The van der Waals surface area contributed by atoms with Crippen LogP contribution in [-0.2, 0) is 11.1 Å². The van der Waals surface area contributed by atoms with Gasteiger partial charge >= 0.3 is 0 Å². The number of hydrogen-bond donors (Lipinski definition) is 1. The number of hydrogen-bond acceptors (Lipinski definition) is 5. The average Bonchev–Trinajstić information content (AvgIpc) is 2.03. The van der Waals surface area contributed by atoms with Crippen molar-refractivity contribution in [3.8, 4) is 0 Å². The summed E-state index contributed by atoms with van der Waals surface area (Å²) in [7, 11) is 0. The summed E-state index contributed by atoms with van der Waals surface area (Å²) < 4.78 is 20.1. The van der Waals surface area contributed by atoms with Gasteiger partial charge in [0.25, 0.3) is 0 Å². The van der Waals surface area contributed by atoms with Crippen molar-refractivity contribution in [1.29, 1.82) is 0 Å². The smallest absolute Gasteiger partial charge is 0.145 e. The van der Waals surface area contributed by atoms with Crippen LogP contribution in [0.2, 0.25) is 0 Å². The Balaban J connectivity index is 2.45. The summed E-state index contributed by atoms with van der Waals surface area (Å²) in [4.78, 5) is 7.54. The molecule has 0 amide bonds. The third kappa shape index (κ3) is 3.06. The molecule has 1 N–H and O–H groups in total. The third-order valence-electron chi connectivity index (χ3n) is 0.934. The van der Waals surface area contributed by atoms with Crippen LogP contribution in [0.5, 0.6) is 0 Å². The van der Waals surface area contributed by atoms with Gasteiger partial charge in [0.2, 0.25) is 0 Å². The molecule has 0 aliphatic rings. The van der Waals surface area contributed by atoms with E-state index in [2.05, 4.69) is 15.3 Å². The number of aromatic nitrogens is 2. The van der Waals surface area contributed by atoms with Crippen LogP contribution in [0, 0.1) is 0 Å². The monoisotopic (exact) mass is 172 g/mol. The summed E-state index contributed by atoms with van der Waals surface area (Å²) >= 11 is -2.09. The highest BCUT2D eigenvalue weighted by Gasteiger charge is 1.88. The van der Waals surface area contributed by atoms with Crippen LogP contribution in [0.25, 0.3) is 0 Å². The number of nitrogens with one attached hydrogen (secondary N) is 1. The van der Waals surface area contributed by atoms with Crippen molar-refractivity contribution in [2.75, 3.05) is 11.2 Å². The predicted octanol–water partition coefficient (Wildman–Crippen LogP) is -0.275. The van der Waals surface area contributed by atoms with Gasteiger partial charge in [-0.25, -0.2) is 4.98 Å². The van der Waals surface area contributed by atoms with Gasteiger partial charge in [-0.3, -0.25) is 9.19 Å². The molecule has 0 saturated carbocycles. The minimum absolute atomic E-state index is 0.140. The first kappa shape index (κ1) is 8.09. The zero-order valence-corrected chi connectivity index (χ0v) is 6.37. The fourth-order valence-electron chi connectivity index (χ4n) is 0.523. The van der Waals surface area contributed by atoms with Gasteiger partial charge in [0.15, 0.2) is 0 Å². The molecule has 11 heavy (non-hydrogen) atoms. The molecule has 1 rings (SSSR count). The first-order valence-electron chi connectivity index (χ1n) is 2.85. The lowest BCUT2D eigenvalue weighted by Crippen LogP contribution is -2.08. The van der Waals surface area contributed by atoms with Crippen LogP contribution in [0.3, 0.4) is 0 Å². The number of rotatable bonds is 3. The zero-order chi connectivity index (χ0) is 8.10. The number of nitrogens with zero attached hydrogens (tertiary/aromatic N) is 2. The van der Waals surface area contributed by atoms with E-state index in [0.717, 1.165) is 0 Å². The maximum absolute atomic E-state index is 10.1. The van der Waals surface area contributed by atoms with Crippen LogP contribution < -0.4 is 5.32 Å². The van der Waals surface area contributed by atoms with Gasteiger partial charge in [-0.05, 0) is 11.1 Å². The van der Waals surface area contributed by atoms with Crippen molar-refractivity contribution < 1.29 is 8.76 Å². The fourth-order valence-corrected chi connectivity index (χ4v) is 0.789. The normalized spacial score (nSPS) is 12.5. The first-order chi connectivity index (χ1) is 5.29. The molecule has 0 spiro atoms. The minimum Gasteiger partial charge on any atom is -0.771 e. The van der Waals surface area contributed by atoms with E-state index in [1.165, 1.54) is 18.6 Å². The Kier molecular flexibility index (Phi) is 2.94. The van der Waals surface area contributed by atoms with E-state index >= 15 is 0 Å². The molecule has 0 bridgehead atoms. The van der Waals surface area contributed by atoms with E-state index in [4.69, 9.17) is 0 Å². The Morgan fingerprint density at radius 3 is 3.00 bits per heavy atom. The summed E-state index contributed by atoms with van der Waals surface area (Å²) in [6.45, 7) is 0. The number of anilines is 1. The summed E-state index contributed by atoms with van der Waals surface area (Å²) in [6.07, 6.45) is 4.45. The Labute approximate surface area is 66.2 Å². The van der Waals surface area contributed by atoms with Gasteiger partial charge in [0, 0.05) is 12.4 Å². The molecule has 60 valence electrons. The van der Waals surface area contributed by atoms with Crippen molar-refractivity contribution in [3.05, 3.63) is 18.6 Å². The van der Waals surface area contributed by atoms with Gasteiger partial charge in [-0.1, -0.05) is 0 Å².